The zero-order valence-electron chi connectivity index (χ0n) is 23.1. The molecule has 5 rings (SSSR count). The van der Waals surface area contributed by atoms with Gasteiger partial charge in [0, 0.05) is 26.9 Å². The van der Waals surface area contributed by atoms with E-state index in [1.54, 1.807) is 4.57 Å². The molecule has 0 bridgehead atoms. The Kier molecular flexibility index (Phi) is 8.74. The third kappa shape index (κ3) is 6.02. The van der Waals surface area contributed by atoms with E-state index in [0.29, 0.717) is 17.0 Å². The van der Waals surface area contributed by atoms with Gasteiger partial charge in [-0.2, -0.15) is 9.97 Å². The van der Waals surface area contributed by atoms with E-state index in [1.807, 2.05) is 0 Å². The molecule has 1 saturated carbocycles. The quantitative estimate of drug-likeness (QED) is 0.271. The minimum absolute atomic E-state index is 0.0448. The number of methoxy groups -OCH3 is 1. The first-order valence-corrected chi connectivity index (χ1v) is 14.3. The van der Waals surface area contributed by atoms with Gasteiger partial charge < -0.3 is 23.8 Å². The second-order valence-electron chi connectivity index (χ2n) is 10.9. The van der Waals surface area contributed by atoms with Gasteiger partial charge in [0.05, 0.1) is 19.9 Å². The van der Waals surface area contributed by atoms with Crippen molar-refractivity contribution < 1.29 is 33.3 Å². The molecule has 0 amide bonds. The molecule has 0 spiro atoms. The first kappa shape index (κ1) is 28.5. The summed E-state index contributed by atoms with van der Waals surface area (Å²) >= 11 is 6.42. The molecular weight excluding hydrogens is 542 g/mol. The van der Waals surface area contributed by atoms with Crippen LogP contribution in [0.15, 0.2) is 6.33 Å². The number of piperidine rings is 1. The van der Waals surface area contributed by atoms with E-state index in [9.17, 15) is 14.4 Å². The number of fused-ring (bicyclic) bond motifs is 1. The van der Waals surface area contributed by atoms with Crippen LogP contribution in [0.4, 0.5) is 5.82 Å². The van der Waals surface area contributed by atoms with E-state index in [-0.39, 0.29) is 11.7 Å². The van der Waals surface area contributed by atoms with Crippen molar-refractivity contribution >= 4 is 46.5 Å². The summed E-state index contributed by atoms with van der Waals surface area (Å²) in [5.74, 6) is 0.395. The summed E-state index contributed by atoms with van der Waals surface area (Å²) in [6.07, 6.45) is 6.10. The molecule has 40 heavy (non-hydrogen) atoms. The van der Waals surface area contributed by atoms with Gasteiger partial charge in [-0.05, 0) is 36.3 Å². The molecule has 0 radical (unpaired) electrons. The minimum atomic E-state index is -1.07. The average Bonchev–Trinajstić information content (AvgIpc) is 3.49. The van der Waals surface area contributed by atoms with Crippen LogP contribution >= 0.6 is 11.6 Å². The van der Waals surface area contributed by atoms with Crippen molar-refractivity contribution in [3.63, 3.8) is 0 Å². The molecule has 0 unspecified atom stereocenters. The number of aromatic nitrogens is 4. The third-order valence-corrected chi connectivity index (χ3v) is 8.46. The Bertz CT molecular complexity index is 1240. The van der Waals surface area contributed by atoms with Crippen molar-refractivity contribution in [2.75, 3.05) is 25.1 Å². The van der Waals surface area contributed by atoms with E-state index < -0.39 is 42.4 Å². The number of carbonyl (C=O) groups is 3. The Morgan fingerprint density at radius 3 is 2.27 bits per heavy atom. The van der Waals surface area contributed by atoms with Gasteiger partial charge in [-0.3, -0.25) is 19.0 Å². The molecular formula is C27H36ClN5O7. The molecule has 0 aromatic carbocycles. The number of imidazole rings is 1. The highest BCUT2D eigenvalue weighted by Gasteiger charge is 2.51. The van der Waals surface area contributed by atoms with E-state index in [4.69, 9.17) is 30.5 Å². The number of halogens is 1. The standard InChI is InChI=1S/C27H36ClN5O7/c1-15(34)38-22-19(13-20(36)37-3)40-26(23(22)39-16(2)35)33-14-29-21-24(30-27(28)31-25(21)33)32-11-9-18(10-12-32)17-7-5-4-6-8-17/h14,17-19,22-23,26H,4-13H2,1-3H3/t19-,22-,23-,26-/m1/s1. The third-order valence-electron chi connectivity index (χ3n) is 8.29. The highest BCUT2D eigenvalue weighted by Crippen LogP contribution is 2.40. The normalized spacial score (nSPS) is 26.1. The number of ether oxygens (including phenoxy) is 4. The van der Waals surface area contributed by atoms with Crippen molar-refractivity contribution in [3.05, 3.63) is 11.6 Å². The minimum Gasteiger partial charge on any atom is -0.469 e. The Hall–Kier alpha value is -2.99. The molecule has 0 N–H and O–H groups in total. The monoisotopic (exact) mass is 577 g/mol. The van der Waals surface area contributed by atoms with Crippen LogP contribution in [-0.4, -0.2) is 75.9 Å². The number of rotatable bonds is 7. The molecule has 13 heteroatoms. The van der Waals surface area contributed by atoms with Gasteiger partial charge in [-0.25, -0.2) is 4.98 Å². The second-order valence-corrected chi connectivity index (χ2v) is 11.2. The summed E-state index contributed by atoms with van der Waals surface area (Å²) in [5.41, 5.74) is 0.915. The summed E-state index contributed by atoms with van der Waals surface area (Å²) < 4.78 is 23.6. The van der Waals surface area contributed by atoms with Gasteiger partial charge in [-0.15, -0.1) is 0 Å². The summed E-state index contributed by atoms with van der Waals surface area (Å²) in [4.78, 5) is 51.9. The smallest absolute Gasteiger partial charge is 0.308 e. The first-order valence-electron chi connectivity index (χ1n) is 14.0. The van der Waals surface area contributed by atoms with Gasteiger partial charge in [-0.1, -0.05) is 32.1 Å². The zero-order chi connectivity index (χ0) is 28.4. The number of esters is 3. The molecule has 218 valence electrons. The number of nitrogens with zero attached hydrogens (tertiary/aromatic N) is 5. The van der Waals surface area contributed by atoms with Crippen LogP contribution in [0.25, 0.3) is 11.2 Å². The van der Waals surface area contributed by atoms with Crippen LogP contribution < -0.4 is 4.90 Å². The molecule has 2 aromatic rings. The fourth-order valence-electron chi connectivity index (χ4n) is 6.47. The van der Waals surface area contributed by atoms with E-state index >= 15 is 0 Å². The maximum atomic E-state index is 12.1. The lowest BCUT2D eigenvalue weighted by molar-refractivity contribution is -0.165. The maximum Gasteiger partial charge on any atom is 0.308 e. The van der Waals surface area contributed by atoms with Gasteiger partial charge in [0.15, 0.2) is 35.4 Å². The van der Waals surface area contributed by atoms with Crippen LogP contribution in [0.3, 0.4) is 0 Å². The largest absolute Gasteiger partial charge is 0.469 e. The van der Waals surface area contributed by atoms with Gasteiger partial charge in [0.2, 0.25) is 5.28 Å². The van der Waals surface area contributed by atoms with Crippen molar-refractivity contribution in [2.45, 2.75) is 89.8 Å². The summed E-state index contributed by atoms with van der Waals surface area (Å²) in [7, 11) is 1.25. The van der Waals surface area contributed by atoms with Crippen LogP contribution in [0.5, 0.6) is 0 Å². The molecule has 2 aliphatic heterocycles. The lowest BCUT2D eigenvalue weighted by Gasteiger charge is -2.38. The van der Waals surface area contributed by atoms with Gasteiger partial charge >= 0.3 is 17.9 Å². The maximum absolute atomic E-state index is 12.1. The average molecular weight is 578 g/mol. The second kappa shape index (κ2) is 12.3. The van der Waals surface area contributed by atoms with Crippen molar-refractivity contribution in [2.24, 2.45) is 11.8 Å². The topological polar surface area (TPSA) is 135 Å². The summed E-state index contributed by atoms with van der Waals surface area (Å²) in [6, 6.07) is 0. The van der Waals surface area contributed by atoms with Crippen molar-refractivity contribution in [1.82, 2.24) is 19.5 Å². The van der Waals surface area contributed by atoms with Gasteiger partial charge in [0.1, 0.15) is 6.10 Å². The molecule has 3 aliphatic rings. The molecule has 1 aliphatic carbocycles. The first-order chi connectivity index (χ1) is 19.2. The Morgan fingerprint density at radius 2 is 1.62 bits per heavy atom. The fraction of sp³-hybridized carbons (Fsp3) is 0.704. The number of hydrogen-bond donors (Lipinski definition) is 0. The zero-order valence-corrected chi connectivity index (χ0v) is 23.8. The van der Waals surface area contributed by atoms with Crippen LogP contribution in [0.1, 0.15) is 71.4 Å². The molecule has 12 nitrogen and oxygen atoms in total. The molecule has 4 atom stereocenters. The highest BCUT2D eigenvalue weighted by atomic mass is 35.5. The molecule has 2 aromatic heterocycles. The predicted octanol–water partition coefficient (Wildman–Crippen LogP) is 3.60. The SMILES string of the molecule is COC(=O)C[C@H]1O[C@@H](n2cnc3c(N4CCC(C5CCCCC5)CC4)nc(Cl)nc32)[C@H](OC(C)=O)[C@@H]1OC(C)=O. The highest BCUT2D eigenvalue weighted by molar-refractivity contribution is 6.28. The Labute approximate surface area is 237 Å². The van der Waals surface area contributed by atoms with Gasteiger partial charge in [0.25, 0.3) is 0 Å². The van der Waals surface area contributed by atoms with Crippen molar-refractivity contribution in [3.8, 4) is 0 Å². The summed E-state index contributed by atoms with van der Waals surface area (Å²) in [6.45, 7) is 4.18. The van der Waals surface area contributed by atoms with E-state index in [1.165, 1.54) is 59.4 Å². The molecule has 2 saturated heterocycles. The molecule has 3 fully saturated rings. The number of hydrogen-bond acceptors (Lipinski definition) is 11. The number of carbonyl (C=O) groups excluding carboxylic acids is 3. The Morgan fingerprint density at radius 1 is 0.975 bits per heavy atom. The van der Waals surface area contributed by atoms with Crippen LogP contribution in [-0.2, 0) is 33.3 Å². The predicted molar refractivity (Wildman–Crippen MR) is 143 cm³/mol. The van der Waals surface area contributed by atoms with E-state index in [0.717, 1.165) is 37.8 Å². The fourth-order valence-corrected chi connectivity index (χ4v) is 6.63. The lowest BCUT2D eigenvalue weighted by Crippen LogP contribution is -2.39. The Balaban J connectivity index is 1.44. The lowest BCUT2D eigenvalue weighted by atomic mass is 9.76. The summed E-state index contributed by atoms with van der Waals surface area (Å²) in [5, 5.41) is 0.0448. The van der Waals surface area contributed by atoms with Crippen LogP contribution in [0, 0.1) is 11.8 Å². The van der Waals surface area contributed by atoms with Crippen molar-refractivity contribution in [1.29, 1.82) is 0 Å². The van der Waals surface area contributed by atoms with Crippen LogP contribution in [0.2, 0.25) is 5.28 Å². The van der Waals surface area contributed by atoms with E-state index in [2.05, 4.69) is 19.9 Å². The molecule has 4 heterocycles. The number of anilines is 1.